The van der Waals surface area contributed by atoms with E-state index in [2.05, 4.69) is 46.5 Å². The van der Waals surface area contributed by atoms with Gasteiger partial charge in [-0.3, -0.25) is 19.4 Å². The first-order valence-corrected chi connectivity index (χ1v) is 9.92. The SMILES string of the molecule is CCCNC(=O)CN1CCN(CC(=O)c2cc(C)n(C3CC3)c2C)CC1. The van der Waals surface area contributed by atoms with Crippen LogP contribution in [0.4, 0.5) is 0 Å². The minimum atomic E-state index is 0.101. The Bertz CT molecular complexity index is 655. The van der Waals surface area contributed by atoms with Gasteiger partial charge in [0.05, 0.1) is 13.1 Å². The Hall–Kier alpha value is -1.66. The number of hydrogen-bond acceptors (Lipinski definition) is 4. The monoisotopic (exact) mass is 360 g/mol. The molecule has 0 unspecified atom stereocenters. The Morgan fingerprint density at radius 2 is 1.69 bits per heavy atom. The quantitative estimate of drug-likeness (QED) is 0.718. The molecule has 1 amide bonds. The van der Waals surface area contributed by atoms with Crippen LogP contribution in [0.5, 0.6) is 0 Å². The fourth-order valence-corrected chi connectivity index (χ4v) is 3.87. The molecule has 1 aromatic rings. The number of carbonyl (C=O) groups is 2. The Balaban J connectivity index is 1.48. The molecule has 0 bridgehead atoms. The fourth-order valence-electron chi connectivity index (χ4n) is 3.87. The van der Waals surface area contributed by atoms with E-state index < -0.39 is 0 Å². The van der Waals surface area contributed by atoms with Crippen molar-refractivity contribution >= 4 is 11.7 Å². The summed E-state index contributed by atoms with van der Waals surface area (Å²) in [5, 5.41) is 2.92. The van der Waals surface area contributed by atoms with Crippen LogP contribution < -0.4 is 5.32 Å². The second-order valence-electron chi connectivity index (χ2n) is 7.71. The van der Waals surface area contributed by atoms with Crippen LogP contribution in [0, 0.1) is 13.8 Å². The highest BCUT2D eigenvalue weighted by Gasteiger charge is 2.29. The van der Waals surface area contributed by atoms with Crippen molar-refractivity contribution in [2.24, 2.45) is 0 Å². The molecule has 1 aromatic heterocycles. The lowest BCUT2D eigenvalue weighted by molar-refractivity contribution is -0.122. The van der Waals surface area contributed by atoms with Crippen molar-refractivity contribution in [3.8, 4) is 0 Å². The van der Waals surface area contributed by atoms with Crippen molar-refractivity contribution in [2.75, 3.05) is 45.8 Å². The van der Waals surface area contributed by atoms with E-state index in [0.29, 0.717) is 19.1 Å². The summed E-state index contributed by atoms with van der Waals surface area (Å²) in [5.74, 6) is 0.322. The van der Waals surface area contributed by atoms with Crippen LogP contribution in [-0.4, -0.2) is 71.9 Å². The van der Waals surface area contributed by atoms with Gasteiger partial charge in [0.15, 0.2) is 5.78 Å². The van der Waals surface area contributed by atoms with Gasteiger partial charge in [-0.25, -0.2) is 0 Å². The third kappa shape index (κ3) is 4.54. The van der Waals surface area contributed by atoms with Gasteiger partial charge in [0.25, 0.3) is 0 Å². The molecule has 0 atom stereocenters. The molecular formula is C20H32N4O2. The molecule has 2 aliphatic rings. The minimum Gasteiger partial charge on any atom is -0.355 e. The van der Waals surface area contributed by atoms with Crippen LogP contribution in [0.25, 0.3) is 0 Å². The highest BCUT2D eigenvalue weighted by molar-refractivity contribution is 5.99. The van der Waals surface area contributed by atoms with Gasteiger partial charge in [0, 0.05) is 55.7 Å². The third-order valence-corrected chi connectivity index (χ3v) is 5.47. The van der Waals surface area contributed by atoms with Crippen molar-refractivity contribution in [3.63, 3.8) is 0 Å². The van der Waals surface area contributed by atoms with Crippen molar-refractivity contribution in [1.82, 2.24) is 19.7 Å². The van der Waals surface area contributed by atoms with Gasteiger partial charge in [-0.2, -0.15) is 0 Å². The van der Waals surface area contributed by atoms with E-state index in [9.17, 15) is 9.59 Å². The highest BCUT2D eigenvalue weighted by atomic mass is 16.2. The van der Waals surface area contributed by atoms with Crippen LogP contribution in [0.15, 0.2) is 6.07 Å². The van der Waals surface area contributed by atoms with Gasteiger partial charge < -0.3 is 9.88 Å². The van der Waals surface area contributed by atoms with Crippen molar-refractivity contribution in [2.45, 2.75) is 46.1 Å². The Labute approximate surface area is 156 Å². The summed E-state index contributed by atoms with van der Waals surface area (Å²) >= 11 is 0. The molecule has 1 saturated carbocycles. The topological polar surface area (TPSA) is 57.6 Å². The average molecular weight is 361 g/mol. The first kappa shape index (κ1) is 19.1. The lowest BCUT2D eigenvalue weighted by Gasteiger charge is -2.33. The summed E-state index contributed by atoms with van der Waals surface area (Å²) < 4.78 is 2.33. The van der Waals surface area contributed by atoms with E-state index in [1.54, 1.807) is 0 Å². The number of nitrogens with one attached hydrogen (secondary N) is 1. The lowest BCUT2D eigenvalue weighted by atomic mass is 10.1. The molecule has 3 rings (SSSR count). The molecule has 6 nitrogen and oxygen atoms in total. The summed E-state index contributed by atoms with van der Waals surface area (Å²) in [4.78, 5) is 29.0. The van der Waals surface area contributed by atoms with E-state index in [1.807, 2.05) is 0 Å². The number of ketones is 1. The zero-order chi connectivity index (χ0) is 18.7. The minimum absolute atomic E-state index is 0.101. The molecular weight excluding hydrogens is 328 g/mol. The maximum atomic E-state index is 12.8. The predicted octanol–water partition coefficient (Wildman–Crippen LogP) is 1.77. The maximum Gasteiger partial charge on any atom is 0.234 e. The van der Waals surface area contributed by atoms with E-state index in [1.165, 1.54) is 18.5 Å². The fraction of sp³-hybridized carbons (Fsp3) is 0.700. The standard InChI is InChI=1S/C20H32N4O2/c1-4-7-21-20(26)14-23-10-8-22(9-11-23)13-19(25)18-12-15(2)24(16(18)3)17-5-6-17/h12,17H,4-11,13-14H2,1-3H3,(H,21,26). The van der Waals surface area contributed by atoms with E-state index in [-0.39, 0.29) is 11.7 Å². The summed E-state index contributed by atoms with van der Waals surface area (Å²) in [6.45, 7) is 11.3. The normalized spacial score (nSPS) is 18.9. The molecule has 1 aliphatic heterocycles. The number of aryl methyl sites for hydroxylation is 1. The van der Waals surface area contributed by atoms with E-state index >= 15 is 0 Å². The molecule has 2 heterocycles. The van der Waals surface area contributed by atoms with E-state index in [0.717, 1.165) is 50.4 Å². The molecule has 0 aromatic carbocycles. The van der Waals surface area contributed by atoms with Gasteiger partial charge in [-0.05, 0) is 39.2 Å². The van der Waals surface area contributed by atoms with Gasteiger partial charge >= 0.3 is 0 Å². The first-order valence-electron chi connectivity index (χ1n) is 9.92. The Kier molecular flexibility index (Phi) is 6.14. The number of hydrogen-bond donors (Lipinski definition) is 1. The van der Waals surface area contributed by atoms with Crippen molar-refractivity contribution < 1.29 is 9.59 Å². The number of rotatable bonds is 8. The molecule has 1 saturated heterocycles. The molecule has 2 fully saturated rings. The number of aromatic nitrogens is 1. The van der Waals surface area contributed by atoms with Crippen LogP contribution in [0.2, 0.25) is 0 Å². The van der Waals surface area contributed by atoms with Gasteiger partial charge in [0.2, 0.25) is 5.91 Å². The van der Waals surface area contributed by atoms with Gasteiger partial charge in [-0.1, -0.05) is 6.92 Å². The number of carbonyl (C=O) groups excluding carboxylic acids is 2. The molecule has 26 heavy (non-hydrogen) atoms. The molecule has 1 aliphatic carbocycles. The molecule has 1 N–H and O–H groups in total. The summed E-state index contributed by atoms with van der Waals surface area (Å²) in [7, 11) is 0. The van der Waals surface area contributed by atoms with Crippen LogP contribution in [-0.2, 0) is 4.79 Å². The lowest BCUT2D eigenvalue weighted by Crippen LogP contribution is -2.50. The Morgan fingerprint density at radius 3 is 2.27 bits per heavy atom. The number of nitrogens with zero attached hydrogens (tertiary/aromatic N) is 3. The third-order valence-electron chi connectivity index (χ3n) is 5.47. The van der Waals surface area contributed by atoms with Crippen molar-refractivity contribution in [1.29, 1.82) is 0 Å². The second-order valence-corrected chi connectivity index (χ2v) is 7.71. The smallest absolute Gasteiger partial charge is 0.234 e. The molecule has 0 radical (unpaired) electrons. The first-order chi connectivity index (χ1) is 12.5. The van der Waals surface area contributed by atoms with Gasteiger partial charge in [0.1, 0.15) is 0 Å². The zero-order valence-electron chi connectivity index (χ0n) is 16.4. The maximum absolute atomic E-state index is 12.8. The molecule has 6 heteroatoms. The van der Waals surface area contributed by atoms with Crippen LogP contribution >= 0.6 is 0 Å². The van der Waals surface area contributed by atoms with Crippen LogP contribution in [0.3, 0.4) is 0 Å². The van der Waals surface area contributed by atoms with Crippen molar-refractivity contribution in [3.05, 3.63) is 23.0 Å². The zero-order valence-corrected chi connectivity index (χ0v) is 16.4. The summed E-state index contributed by atoms with van der Waals surface area (Å²) in [5.41, 5.74) is 3.22. The largest absolute Gasteiger partial charge is 0.355 e. The Morgan fingerprint density at radius 1 is 1.08 bits per heavy atom. The number of amides is 1. The van der Waals surface area contributed by atoms with Crippen LogP contribution in [0.1, 0.15) is 54.0 Å². The summed E-state index contributed by atoms with van der Waals surface area (Å²) in [6.07, 6.45) is 3.43. The van der Waals surface area contributed by atoms with Gasteiger partial charge in [-0.15, -0.1) is 0 Å². The summed E-state index contributed by atoms with van der Waals surface area (Å²) in [6, 6.07) is 2.67. The number of Topliss-reactive ketones (excluding diaryl/α,β-unsaturated/α-hetero) is 1. The predicted molar refractivity (Wildman–Crippen MR) is 103 cm³/mol. The van der Waals surface area contributed by atoms with E-state index in [4.69, 9.17) is 0 Å². The highest BCUT2D eigenvalue weighted by Crippen LogP contribution is 2.38. The second kappa shape index (κ2) is 8.35. The number of piperazine rings is 1. The molecule has 0 spiro atoms. The molecule has 144 valence electrons. The average Bonchev–Trinajstić information content (AvgIpc) is 3.39.